The summed E-state index contributed by atoms with van der Waals surface area (Å²) in [7, 11) is -3.40. The van der Waals surface area contributed by atoms with Crippen molar-refractivity contribution < 1.29 is 12.9 Å². The molecule has 6 heteroatoms. The summed E-state index contributed by atoms with van der Waals surface area (Å²) in [5.41, 5.74) is 0.301. The smallest absolute Gasteiger partial charge is 0.219 e. The fourth-order valence-corrected chi connectivity index (χ4v) is 3.66. The number of hydrogen-bond donors (Lipinski definition) is 1. The first kappa shape index (κ1) is 13.3. The molecule has 0 spiro atoms. The number of hydrogen-bond acceptors (Lipinski definition) is 4. The summed E-state index contributed by atoms with van der Waals surface area (Å²) in [5.74, 6) is 0.211. The van der Waals surface area contributed by atoms with Gasteiger partial charge in [-0.25, -0.2) is 13.1 Å². The highest BCUT2D eigenvalue weighted by Gasteiger charge is 2.30. The van der Waals surface area contributed by atoms with Crippen LogP contribution in [-0.2, 0) is 15.8 Å². The van der Waals surface area contributed by atoms with Crippen LogP contribution < -0.4 is 4.72 Å². The first-order valence-corrected chi connectivity index (χ1v) is 7.63. The van der Waals surface area contributed by atoms with Crippen LogP contribution >= 0.6 is 0 Å². The highest BCUT2D eigenvalue weighted by atomic mass is 32.2. The molecule has 0 aliphatic heterocycles. The molecule has 1 heterocycles. The SMILES string of the molecule is Cc1cc(CS(=O)(=O)NC2(C)CC=CCC2)on1. The monoisotopic (exact) mass is 270 g/mol. The number of nitrogens with one attached hydrogen (secondary N) is 1. The van der Waals surface area contributed by atoms with E-state index in [0.29, 0.717) is 11.5 Å². The van der Waals surface area contributed by atoms with Crippen molar-refractivity contribution in [1.29, 1.82) is 0 Å². The van der Waals surface area contributed by atoms with Gasteiger partial charge in [-0.15, -0.1) is 0 Å². The first-order chi connectivity index (χ1) is 8.39. The number of sulfonamides is 1. The molecule has 1 aliphatic rings. The summed E-state index contributed by atoms with van der Waals surface area (Å²) in [5, 5.41) is 3.69. The van der Waals surface area contributed by atoms with E-state index < -0.39 is 10.0 Å². The zero-order chi connectivity index (χ0) is 13.2. The fraction of sp³-hybridized carbons (Fsp3) is 0.583. The molecule has 0 radical (unpaired) electrons. The molecular weight excluding hydrogens is 252 g/mol. The van der Waals surface area contributed by atoms with Crippen molar-refractivity contribution in [3.63, 3.8) is 0 Å². The van der Waals surface area contributed by atoms with E-state index in [2.05, 4.69) is 16.0 Å². The second kappa shape index (κ2) is 4.85. The Labute approximate surface area is 107 Å². The van der Waals surface area contributed by atoms with Crippen LogP contribution in [0.3, 0.4) is 0 Å². The van der Waals surface area contributed by atoms with Crippen molar-refractivity contribution in [2.75, 3.05) is 0 Å². The molecule has 0 fully saturated rings. The molecule has 5 nitrogen and oxygen atoms in total. The average Bonchev–Trinajstić information content (AvgIpc) is 2.62. The van der Waals surface area contributed by atoms with E-state index in [9.17, 15) is 8.42 Å². The first-order valence-electron chi connectivity index (χ1n) is 5.97. The topological polar surface area (TPSA) is 72.2 Å². The third-order valence-electron chi connectivity index (χ3n) is 3.01. The standard InChI is InChI=1S/C12H18N2O3S/c1-10-8-11(17-13-10)9-18(15,16)14-12(2)6-4-3-5-7-12/h3-4,8,14H,5-7,9H2,1-2H3. The summed E-state index contributed by atoms with van der Waals surface area (Å²) in [6, 6.07) is 1.64. The maximum atomic E-state index is 12.1. The molecule has 1 aromatic rings. The second-order valence-corrected chi connectivity index (χ2v) is 6.79. The van der Waals surface area contributed by atoms with Crippen molar-refractivity contribution >= 4 is 10.0 Å². The van der Waals surface area contributed by atoms with Gasteiger partial charge >= 0.3 is 0 Å². The number of aromatic nitrogens is 1. The van der Waals surface area contributed by atoms with Gasteiger partial charge in [0.05, 0.1) is 5.69 Å². The molecule has 0 aromatic carbocycles. The lowest BCUT2D eigenvalue weighted by Gasteiger charge is -2.31. The molecule has 1 N–H and O–H groups in total. The third-order valence-corrected chi connectivity index (χ3v) is 4.48. The number of allylic oxidation sites excluding steroid dienone is 1. The Morgan fingerprint density at radius 2 is 2.28 bits per heavy atom. The Bertz CT molecular complexity index is 547. The Hall–Kier alpha value is -1.14. The Balaban J connectivity index is 2.05. The number of nitrogens with zero attached hydrogens (tertiary/aromatic N) is 1. The van der Waals surface area contributed by atoms with E-state index in [0.717, 1.165) is 19.3 Å². The van der Waals surface area contributed by atoms with Gasteiger partial charge in [0.1, 0.15) is 5.75 Å². The van der Waals surface area contributed by atoms with Crippen LogP contribution in [0.2, 0.25) is 0 Å². The van der Waals surface area contributed by atoms with Gasteiger partial charge in [-0.2, -0.15) is 0 Å². The summed E-state index contributed by atoms with van der Waals surface area (Å²) in [4.78, 5) is 0. The number of aryl methyl sites for hydroxylation is 1. The van der Waals surface area contributed by atoms with Crippen molar-refractivity contribution in [2.24, 2.45) is 0 Å². The van der Waals surface area contributed by atoms with Gasteiger partial charge < -0.3 is 4.52 Å². The molecule has 1 unspecified atom stereocenters. The van der Waals surface area contributed by atoms with Gasteiger partial charge in [0.2, 0.25) is 10.0 Å². The van der Waals surface area contributed by atoms with Crippen LogP contribution in [0.15, 0.2) is 22.7 Å². The van der Waals surface area contributed by atoms with Gasteiger partial charge in [-0.3, -0.25) is 0 Å². The molecule has 0 saturated carbocycles. The quantitative estimate of drug-likeness (QED) is 0.848. The van der Waals surface area contributed by atoms with E-state index in [1.54, 1.807) is 13.0 Å². The molecule has 1 atom stereocenters. The van der Waals surface area contributed by atoms with E-state index in [1.807, 2.05) is 13.0 Å². The van der Waals surface area contributed by atoms with Crippen LogP contribution in [0.1, 0.15) is 37.6 Å². The maximum Gasteiger partial charge on any atom is 0.219 e. The molecular formula is C12H18N2O3S. The summed E-state index contributed by atoms with van der Waals surface area (Å²) in [6.07, 6.45) is 6.54. The Morgan fingerprint density at radius 3 is 2.83 bits per heavy atom. The molecule has 0 amide bonds. The van der Waals surface area contributed by atoms with Gasteiger partial charge in [0.25, 0.3) is 0 Å². The lowest BCUT2D eigenvalue weighted by molar-refractivity contribution is 0.372. The Kier molecular flexibility index (Phi) is 3.59. The van der Waals surface area contributed by atoms with E-state index in [-0.39, 0.29) is 11.3 Å². The van der Waals surface area contributed by atoms with E-state index >= 15 is 0 Å². The van der Waals surface area contributed by atoms with Crippen molar-refractivity contribution in [3.05, 3.63) is 29.7 Å². The average molecular weight is 270 g/mol. The van der Waals surface area contributed by atoms with Crippen molar-refractivity contribution in [1.82, 2.24) is 9.88 Å². The van der Waals surface area contributed by atoms with E-state index in [1.165, 1.54) is 0 Å². The van der Waals surface area contributed by atoms with Crippen molar-refractivity contribution in [3.8, 4) is 0 Å². The zero-order valence-corrected chi connectivity index (χ0v) is 11.5. The minimum atomic E-state index is -3.40. The molecule has 2 rings (SSSR count). The predicted molar refractivity (Wildman–Crippen MR) is 68.4 cm³/mol. The lowest BCUT2D eigenvalue weighted by atomic mass is 9.89. The van der Waals surface area contributed by atoms with Crippen molar-refractivity contribution in [2.45, 2.75) is 44.4 Å². The van der Waals surface area contributed by atoms with Crippen LogP contribution in [0.4, 0.5) is 0 Å². The zero-order valence-electron chi connectivity index (χ0n) is 10.6. The number of rotatable bonds is 4. The summed E-state index contributed by atoms with van der Waals surface area (Å²) < 4.78 is 31.8. The van der Waals surface area contributed by atoms with E-state index in [4.69, 9.17) is 4.52 Å². The minimum absolute atomic E-state index is 0.160. The molecule has 1 aromatic heterocycles. The maximum absolute atomic E-state index is 12.1. The summed E-state index contributed by atoms with van der Waals surface area (Å²) in [6.45, 7) is 3.69. The minimum Gasteiger partial charge on any atom is -0.360 e. The van der Waals surface area contributed by atoms with Gasteiger partial charge in [0.15, 0.2) is 5.76 Å². The van der Waals surface area contributed by atoms with Gasteiger partial charge in [-0.05, 0) is 33.1 Å². The third kappa shape index (κ3) is 3.43. The second-order valence-electron chi connectivity index (χ2n) is 5.07. The molecule has 0 saturated heterocycles. The normalized spacial score (nSPS) is 24.3. The molecule has 100 valence electrons. The highest BCUT2D eigenvalue weighted by molar-refractivity contribution is 7.88. The van der Waals surface area contributed by atoms with Gasteiger partial charge in [-0.1, -0.05) is 17.3 Å². The molecule has 1 aliphatic carbocycles. The van der Waals surface area contributed by atoms with Crippen LogP contribution in [0.25, 0.3) is 0 Å². The highest BCUT2D eigenvalue weighted by Crippen LogP contribution is 2.24. The summed E-state index contributed by atoms with van der Waals surface area (Å²) >= 11 is 0. The Morgan fingerprint density at radius 1 is 1.50 bits per heavy atom. The molecule has 0 bridgehead atoms. The van der Waals surface area contributed by atoms with Crippen LogP contribution in [-0.4, -0.2) is 19.1 Å². The van der Waals surface area contributed by atoms with Gasteiger partial charge in [0, 0.05) is 11.6 Å². The lowest BCUT2D eigenvalue weighted by Crippen LogP contribution is -2.46. The predicted octanol–water partition coefficient (Wildman–Crippen LogP) is 1.90. The van der Waals surface area contributed by atoms with Crippen LogP contribution in [0.5, 0.6) is 0 Å². The molecule has 18 heavy (non-hydrogen) atoms. The largest absolute Gasteiger partial charge is 0.360 e. The fourth-order valence-electron chi connectivity index (χ4n) is 2.14. The van der Waals surface area contributed by atoms with Crippen LogP contribution in [0, 0.1) is 6.92 Å².